The number of thiazole rings is 1. The van der Waals surface area contributed by atoms with Gasteiger partial charge >= 0.3 is 0 Å². The van der Waals surface area contributed by atoms with Crippen molar-refractivity contribution in [3.63, 3.8) is 0 Å². The van der Waals surface area contributed by atoms with Gasteiger partial charge in [-0.25, -0.2) is 4.98 Å². The third-order valence-electron chi connectivity index (χ3n) is 2.64. The van der Waals surface area contributed by atoms with Gasteiger partial charge in [-0.05, 0) is 17.7 Å². The van der Waals surface area contributed by atoms with Gasteiger partial charge in [-0.3, -0.25) is 0 Å². The monoisotopic (exact) mass is 218 g/mol. The van der Waals surface area contributed by atoms with Crippen molar-refractivity contribution in [2.75, 3.05) is 12.8 Å². The van der Waals surface area contributed by atoms with Crippen LogP contribution in [0.1, 0.15) is 10.4 Å². The summed E-state index contributed by atoms with van der Waals surface area (Å²) in [6.07, 6.45) is 0.948. The lowest BCUT2D eigenvalue weighted by atomic mass is 10.1. The molecule has 1 aliphatic rings. The van der Waals surface area contributed by atoms with Gasteiger partial charge in [0.25, 0.3) is 0 Å². The smallest absolute Gasteiger partial charge is 0.180 e. The fourth-order valence-corrected chi connectivity index (χ4v) is 2.80. The van der Waals surface area contributed by atoms with Crippen molar-refractivity contribution < 1.29 is 4.74 Å². The number of fused-ring (bicyclic) bond motifs is 3. The number of hydrogen-bond acceptors (Lipinski definition) is 4. The molecule has 15 heavy (non-hydrogen) atoms. The summed E-state index contributed by atoms with van der Waals surface area (Å²) in [5.74, 6) is 0.869. The van der Waals surface area contributed by atoms with Crippen LogP contribution in [0.5, 0.6) is 5.75 Å². The van der Waals surface area contributed by atoms with Crippen molar-refractivity contribution in [1.29, 1.82) is 0 Å². The summed E-state index contributed by atoms with van der Waals surface area (Å²) in [7, 11) is 1.67. The average molecular weight is 218 g/mol. The highest BCUT2D eigenvalue weighted by atomic mass is 32.1. The van der Waals surface area contributed by atoms with Crippen LogP contribution in [-0.2, 0) is 6.42 Å². The van der Waals surface area contributed by atoms with Gasteiger partial charge in [0.05, 0.1) is 12.8 Å². The third kappa shape index (κ3) is 1.22. The molecule has 0 saturated carbocycles. The summed E-state index contributed by atoms with van der Waals surface area (Å²) in [6.45, 7) is 0. The zero-order valence-electron chi connectivity index (χ0n) is 8.28. The summed E-state index contributed by atoms with van der Waals surface area (Å²) < 4.78 is 5.21. The number of nitrogen functional groups attached to an aromatic ring is 1. The minimum atomic E-state index is 0.647. The molecular formula is C11H10N2OS. The van der Waals surface area contributed by atoms with Crippen LogP contribution in [0.4, 0.5) is 5.13 Å². The van der Waals surface area contributed by atoms with Gasteiger partial charge in [0.1, 0.15) is 5.75 Å². The third-order valence-corrected chi connectivity index (χ3v) is 3.52. The number of nitrogens with two attached hydrogens (primary N) is 1. The number of rotatable bonds is 1. The van der Waals surface area contributed by atoms with Crippen molar-refractivity contribution in [2.45, 2.75) is 6.42 Å². The molecule has 0 spiro atoms. The normalized spacial score (nSPS) is 12.3. The molecular weight excluding hydrogens is 208 g/mol. The largest absolute Gasteiger partial charge is 0.497 e. The fraction of sp³-hybridized carbons (Fsp3) is 0.182. The van der Waals surface area contributed by atoms with Gasteiger partial charge in [-0.2, -0.15) is 0 Å². The van der Waals surface area contributed by atoms with E-state index in [0.29, 0.717) is 5.13 Å². The summed E-state index contributed by atoms with van der Waals surface area (Å²) >= 11 is 1.57. The van der Waals surface area contributed by atoms with Crippen LogP contribution in [0.3, 0.4) is 0 Å². The van der Waals surface area contributed by atoms with Crippen LogP contribution < -0.4 is 10.5 Å². The molecule has 0 amide bonds. The Kier molecular flexibility index (Phi) is 1.73. The summed E-state index contributed by atoms with van der Waals surface area (Å²) in [4.78, 5) is 5.61. The number of hydrogen-bond donors (Lipinski definition) is 1. The van der Waals surface area contributed by atoms with E-state index in [1.54, 1.807) is 18.4 Å². The van der Waals surface area contributed by atoms with Gasteiger partial charge in [0, 0.05) is 16.9 Å². The van der Waals surface area contributed by atoms with E-state index in [2.05, 4.69) is 11.1 Å². The SMILES string of the molecule is COc1ccc2c(c1)-c1nc(N)sc1C2. The Morgan fingerprint density at radius 2 is 2.33 bits per heavy atom. The van der Waals surface area contributed by atoms with Gasteiger partial charge < -0.3 is 10.5 Å². The number of methoxy groups -OCH3 is 1. The molecule has 4 heteroatoms. The van der Waals surface area contributed by atoms with Crippen LogP contribution in [0.15, 0.2) is 18.2 Å². The predicted molar refractivity (Wildman–Crippen MR) is 61.3 cm³/mol. The highest BCUT2D eigenvalue weighted by molar-refractivity contribution is 7.15. The Hall–Kier alpha value is -1.55. The zero-order chi connectivity index (χ0) is 10.4. The van der Waals surface area contributed by atoms with Crippen molar-refractivity contribution in [3.8, 4) is 17.0 Å². The van der Waals surface area contributed by atoms with Gasteiger partial charge in [0.15, 0.2) is 5.13 Å². The molecule has 3 rings (SSSR count). The van der Waals surface area contributed by atoms with Crippen LogP contribution in [-0.4, -0.2) is 12.1 Å². The summed E-state index contributed by atoms with van der Waals surface area (Å²) in [5, 5.41) is 0.647. The first-order chi connectivity index (χ1) is 7.28. The predicted octanol–water partition coefficient (Wildman–Crippen LogP) is 2.31. The van der Waals surface area contributed by atoms with Crippen molar-refractivity contribution in [3.05, 3.63) is 28.6 Å². The molecule has 0 aliphatic heterocycles. The second kappa shape index (κ2) is 2.97. The molecule has 0 radical (unpaired) electrons. The Balaban J connectivity index is 2.20. The van der Waals surface area contributed by atoms with E-state index < -0.39 is 0 Å². The standard InChI is InChI=1S/C11H10N2OS/c1-14-7-3-2-6-4-9-10(8(6)5-7)13-11(12)15-9/h2-3,5H,4H2,1H3,(H2,12,13). The van der Waals surface area contributed by atoms with Gasteiger partial charge in [0.2, 0.25) is 0 Å². The maximum Gasteiger partial charge on any atom is 0.180 e. The first kappa shape index (κ1) is 8.73. The molecule has 2 N–H and O–H groups in total. The molecule has 1 heterocycles. The summed E-state index contributed by atoms with van der Waals surface area (Å²) in [5.41, 5.74) is 9.20. The highest BCUT2D eigenvalue weighted by Gasteiger charge is 2.22. The molecule has 1 aromatic carbocycles. The number of anilines is 1. The topological polar surface area (TPSA) is 48.1 Å². The lowest BCUT2D eigenvalue weighted by Gasteiger charge is -2.03. The average Bonchev–Trinajstić information content (AvgIpc) is 2.73. The second-order valence-corrected chi connectivity index (χ2v) is 4.64. The molecule has 1 aliphatic carbocycles. The van der Waals surface area contributed by atoms with Gasteiger partial charge in [-0.15, -0.1) is 11.3 Å². The Bertz CT molecular complexity index is 533. The lowest BCUT2D eigenvalue weighted by Crippen LogP contribution is -1.87. The van der Waals surface area contributed by atoms with Crippen molar-refractivity contribution >= 4 is 16.5 Å². The van der Waals surface area contributed by atoms with Crippen molar-refractivity contribution in [2.24, 2.45) is 0 Å². The zero-order valence-corrected chi connectivity index (χ0v) is 9.10. The van der Waals surface area contributed by atoms with Crippen LogP contribution in [0, 0.1) is 0 Å². The van der Waals surface area contributed by atoms with E-state index in [4.69, 9.17) is 10.5 Å². The van der Waals surface area contributed by atoms with Gasteiger partial charge in [-0.1, -0.05) is 6.07 Å². The fourth-order valence-electron chi connectivity index (χ4n) is 1.93. The number of nitrogens with zero attached hydrogens (tertiary/aromatic N) is 1. The van der Waals surface area contributed by atoms with E-state index in [-0.39, 0.29) is 0 Å². The highest BCUT2D eigenvalue weighted by Crippen LogP contribution is 2.41. The van der Waals surface area contributed by atoms with E-state index in [1.165, 1.54) is 10.4 Å². The molecule has 0 unspecified atom stereocenters. The number of benzene rings is 1. The second-order valence-electron chi connectivity index (χ2n) is 3.52. The van der Waals surface area contributed by atoms with E-state index >= 15 is 0 Å². The Morgan fingerprint density at radius 1 is 1.47 bits per heavy atom. The van der Waals surface area contributed by atoms with E-state index in [1.807, 2.05) is 12.1 Å². The number of aromatic nitrogens is 1. The lowest BCUT2D eigenvalue weighted by molar-refractivity contribution is 0.415. The van der Waals surface area contributed by atoms with Crippen LogP contribution in [0.25, 0.3) is 11.3 Å². The first-order valence-corrected chi connectivity index (χ1v) is 5.52. The minimum absolute atomic E-state index is 0.647. The number of ether oxygens (including phenoxy) is 1. The van der Waals surface area contributed by atoms with Crippen LogP contribution in [0.2, 0.25) is 0 Å². The molecule has 3 nitrogen and oxygen atoms in total. The molecule has 0 bridgehead atoms. The Morgan fingerprint density at radius 3 is 3.13 bits per heavy atom. The summed E-state index contributed by atoms with van der Waals surface area (Å²) in [6, 6.07) is 6.11. The Labute approximate surface area is 91.5 Å². The maximum atomic E-state index is 5.69. The van der Waals surface area contributed by atoms with E-state index in [9.17, 15) is 0 Å². The van der Waals surface area contributed by atoms with Crippen LogP contribution >= 0.6 is 11.3 Å². The van der Waals surface area contributed by atoms with E-state index in [0.717, 1.165) is 23.4 Å². The molecule has 76 valence electrons. The minimum Gasteiger partial charge on any atom is -0.497 e. The molecule has 0 fully saturated rings. The molecule has 2 aromatic rings. The maximum absolute atomic E-state index is 5.69. The molecule has 0 saturated heterocycles. The molecule has 0 atom stereocenters. The quantitative estimate of drug-likeness (QED) is 0.681. The van der Waals surface area contributed by atoms with Crippen molar-refractivity contribution in [1.82, 2.24) is 4.98 Å². The molecule has 1 aromatic heterocycles. The first-order valence-electron chi connectivity index (χ1n) is 4.70.